The summed E-state index contributed by atoms with van der Waals surface area (Å²) >= 11 is 0. The highest BCUT2D eigenvalue weighted by molar-refractivity contribution is 5.82. The first kappa shape index (κ1) is 13.8. The van der Waals surface area contributed by atoms with Crippen LogP contribution in [0, 0.1) is 5.41 Å². The van der Waals surface area contributed by atoms with Gasteiger partial charge in [0.15, 0.2) is 0 Å². The molecule has 5 nitrogen and oxygen atoms in total. The summed E-state index contributed by atoms with van der Waals surface area (Å²) in [5, 5.41) is 2.05. The van der Waals surface area contributed by atoms with Crippen molar-refractivity contribution in [2.75, 3.05) is 39.8 Å². The number of carbonyl (C=O) groups excluding carboxylic acids is 1. The Kier molecular flexibility index (Phi) is 4.59. The Morgan fingerprint density at radius 2 is 1.78 bits per heavy atom. The van der Waals surface area contributed by atoms with Crippen molar-refractivity contribution in [1.29, 1.82) is 0 Å². The third kappa shape index (κ3) is 3.02. The van der Waals surface area contributed by atoms with Crippen LogP contribution in [0.15, 0.2) is 0 Å². The summed E-state index contributed by atoms with van der Waals surface area (Å²) in [6.45, 7) is 4.31. The zero-order valence-corrected chi connectivity index (χ0v) is 11.5. The number of hydrogen-bond donors (Lipinski definition) is 2. The van der Waals surface area contributed by atoms with Crippen LogP contribution in [-0.2, 0) is 4.79 Å². The lowest BCUT2D eigenvalue weighted by molar-refractivity contribution is -0.138. The molecule has 1 aliphatic heterocycles. The van der Waals surface area contributed by atoms with Crippen LogP contribution in [0.25, 0.3) is 0 Å². The van der Waals surface area contributed by atoms with Gasteiger partial charge in [0.05, 0.1) is 5.41 Å². The average Bonchev–Trinajstić information content (AvgIpc) is 2.42. The molecule has 1 saturated carbocycles. The van der Waals surface area contributed by atoms with Crippen LogP contribution < -0.4 is 11.2 Å². The molecule has 0 spiro atoms. The molecule has 1 amide bonds. The van der Waals surface area contributed by atoms with Crippen LogP contribution in [0.3, 0.4) is 0 Å². The number of amides is 1. The van der Waals surface area contributed by atoms with E-state index in [1.807, 2.05) is 5.01 Å². The van der Waals surface area contributed by atoms with E-state index in [4.69, 9.17) is 5.73 Å². The van der Waals surface area contributed by atoms with Crippen molar-refractivity contribution in [3.05, 3.63) is 0 Å². The van der Waals surface area contributed by atoms with Gasteiger partial charge in [0.25, 0.3) is 0 Å². The van der Waals surface area contributed by atoms with E-state index in [-0.39, 0.29) is 11.3 Å². The van der Waals surface area contributed by atoms with Crippen molar-refractivity contribution >= 4 is 5.91 Å². The molecule has 2 fully saturated rings. The van der Waals surface area contributed by atoms with Crippen LogP contribution in [0.5, 0.6) is 0 Å². The van der Waals surface area contributed by atoms with Crippen LogP contribution in [-0.4, -0.2) is 55.6 Å². The van der Waals surface area contributed by atoms with E-state index in [9.17, 15) is 4.79 Å². The second-order valence-corrected chi connectivity index (χ2v) is 5.78. The van der Waals surface area contributed by atoms with E-state index in [1.165, 1.54) is 6.42 Å². The van der Waals surface area contributed by atoms with Gasteiger partial charge in [-0.2, -0.15) is 0 Å². The predicted octanol–water partition coefficient (Wildman–Crippen LogP) is 0.174. The largest absolute Gasteiger partial charge is 0.329 e. The number of nitrogens with one attached hydrogen (secondary N) is 1. The van der Waals surface area contributed by atoms with E-state index in [2.05, 4.69) is 17.4 Å². The summed E-state index contributed by atoms with van der Waals surface area (Å²) in [7, 11) is 2.11. The van der Waals surface area contributed by atoms with Crippen LogP contribution >= 0.6 is 0 Å². The molecule has 2 rings (SSSR count). The Morgan fingerprint density at radius 3 is 2.33 bits per heavy atom. The van der Waals surface area contributed by atoms with Crippen molar-refractivity contribution in [2.24, 2.45) is 11.1 Å². The fourth-order valence-electron chi connectivity index (χ4n) is 2.93. The molecular weight excluding hydrogens is 228 g/mol. The van der Waals surface area contributed by atoms with Crippen molar-refractivity contribution < 1.29 is 4.79 Å². The smallest absolute Gasteiger partial charge is 0.241 e. The number of hydrogen-bond acceptors (Lipinski definition) is 4. The topological polar surface area (TPSA) is 61.6 Å². The van der Waals surface area contributed by atoms with E-state index in [1.54, 1.807) is 0 Å². The van der Waals surface area contributed by atoms with E-state index < -0.39 is 0 Å². The molecule has 104 valence electrons. The number of hydrazine groups is 1. The second-order valence-electron chi connectivity index (χ2n) is 5.78. The number of nitrogens with two attached hydrogens (primary N) is 1. The van der Waals surface area contributed by atoms with E-state index >= 15 is 0 Å². The number of piperazine rings is 1. The molecular formula is C13H26N4O. The minimum atomic E-state index is -0.304. The number of carbonyl (C=O) groups is 1. The van der Waals surface area contributed by atoms with Gasteiger partial charge in [0.2, 0.25) is 5.91 Å². The summed E-state index contributed by atoms with van der Waals surface area (Å²) in [5.41, 5.74) is 8.66. The molecule has 1 saturated heterocycles. The second kappa shape index (κ2) is 5.99. The van der Waals surface area contributed by atoms with Crippen molar-refractivity contribution in [2.45, 2.75) is 32.1 Å². The predicted molar refractivity (Wildman–Crippen MR) is 71.8 cm³/mol. The quantitative estimate of drug-likeness (QED) is 0.754. The minimum absolute atomic E-state index is 0.147. The first-order valence-corrected chi connectivity index (χ1v) is 7.11. The highest BCUT2D eigenvalue weighted by Crippen LogP contribution is 2.35. The molecule has 0 radical (unpaired) electrons. The third-order valence-corrected chi connectivity index (χ3v) is 4.45. The molecule has 0 atom stereocenters. The van der Waals surface area contributed by atoms with Gasteiger partial charge < -0.3 is 10.6 Å². The monoisotopic (exact) mass is 254 g/mol. The number of nitrogens with zero attached hydrogens (tertiary/aromatic N) is 2. The summed E-state index contributed by atoms with van der Waals surface area (Å²) in [6, 6.07) is 0. The Hall–Kier alpha value is -0.650. The SMILES string of the molecule is CN1CCN(NC(=O)C2(CN)CCCCC2)CC1. The first-order valence-electron chi connectivity index (χ1n) is 7.11. The molecule has 3 N–H and O–H groups in total. The van der Waals surface area contributed by atoms with E-state index in [0.29, 0.717) is 6.54 Å². The van der Waals surface area contributed by atoms with Crippen molar-refractivity contribution in [1.82, 2.24) is 15.3 Å². The zero-order chi connectivity index (χ0) is 13.0. The van der Waals surface area contributed by atoms with Gasteiger partial charge >= 0.3 is 0 Å². The summed E-state index contributed by atoms with van der Waals surface area (Å²) in [6.07, 6.45) is 5.40. The highest BCUT2D eigenvalue weighted by Gasteiger charge is 2.39. The van der Waals surface area contributed by atoms with Gasteiger partial charge in [-0.3, -0.25) is 10.2 Å². The molecule has 0 aromatic rings. The van der Waals surface area contributed by atoms with Crippen LogP contribution in [0.1, 0.15) is 32.1 Å². The first-order chi connectivity index (χ1) is 8.66. The van der Waals surface area contributed by atoms with Gasteiger partial charge in [0.1, 0.15) is 0 Å². The molecule has 0 bridgehead atoms. The standard InChI is InChI=1S/C13H26N4O/c1-16-7-9-17(10-8-16)15-12(18)13(11-14)5-3-2-4-6-13/h2-11,14H2,1H3,(H,15,18). The van der Waals surface area contributed by atoms with Gasteiger partial charge in [0, 0.05) is 32.7 Å². The molecule has 1 heterocycles. The van der Waals surface area contributed by atoms with Gasteiger partial charge in [-0.25, -0.2) is 5.01 Å². The summed E-state index contributed by atoms with van der Waals surface area (Å²) < 4.78 is 0. The highest BCUT2D eigenvalue weighted by atomic mass is 16.2. The molecule has 0 aromatic carbocycles. The molecule has 18 heavy (non-hydrogen) atoms. The number of likely N-dealkylation sites (N-methyl/N-ethyl adjacent to an activating group) is 1. The lowest BCUT2D eigenvalue weighted by Gasteiger charge is -2.38. The van der Waals surface area contributed by atoms with Crippen molar-refractivity contribution in [3.8, 4) is 0 Å². The Balaban J connectivity index is 1.89. The Bertz CT molecular complexity index is 281. The summed E-state index contributed by atoms with van der Waals surface area (Å²) in [5.74, 6) is 0.147. The molecule has 2 aliphatic rings. The zero-order valence-electron chi connectivity index (χ0n) is 11.5. The van der Waals surface area contributed by atoms with Crippen LogP contribution in [0.2, 0.25) is 0 Å². The fourth-order valence-corrected chi connectivity index (χ4v) is 2.93. The lowest BCUT2D eigenvalue weighted by Crippen LogP contribution is -2.57. The average molecular weight is 254 g/mol. The maximum atomic E-state index is 12.5. The third-order valence-electron chi connectivity index (χ3n) is 4.45. The van der Waals surface area contributed by atoms with Crippen molar-refractivity contribution in [3.63, 3.8) is 0 Å². The van der Waals surface area contributed by atoms with E-state index in [0.717, 1.165) is 51.9 Å². The molecule has 0 aromatic heterocycles. The molecule has 0 unspecified atom stereocenters. The lowest BCUT2D eigenvalue weighted by atomic mass is 9.73. The Labute approximate surface area is 110 Å². The summed E-state index contributed by atoms with van der Waals surface area (Å²) in [4.78, 5) is 14.7. The van der Waals surface area contributed by atoms with Gasteiger partial charge in [-0.1, -0.05) is 19.3 Å². The normalized spacial score (nSPS) is 25.9. The number of rotatable bonds is 3. The van der Waals surface area contributed by atoms with Gasteiger partial charge in [-0.15, -0.1) is 0 Å². The van der Waals surface area contributed by atoms with Gasteiger partial charge in [-0.05, 0) is 19.9 Å². The maximum absolute atomic E-state index is 12.5. The maximum Gasteiger partial charge on any atom is 0.241 e. The van der Waals surface area contributed by atoms with Crippen LogP contribution in [0.4, 0.5) is 0 Å². The minimum Gasteiger partial charge on any atom is -0.329 e. The Morgan fingerprint density at radius 1 is 1.17 bits per heavy atom. The molecule has 1 aliphatic carbocycles. The molecule has 5 heteroatoms. The fraction of sp³-hybridized carbons (Fsp3) is 0.923.